The summed E-state index contributed by atoms with van der Waals surface area (Å²) in [5.41, 5.74) is 3.77. The van der Waals surface area contributed by atoms with Crippen molar-refractivity contribution in [2.24, 2.45) is 0 Å². The first-order chi connectivity index (χ1) is 11.1. The molecule has 3 aromatic carbocycles. The minimum Gasteiger partial charge on any atom is -0.426 e. The monoisotopic (exact) mass is 305 g/mol. The topological polar surface area (TPSA) is 69.4 Å². The molecule has 0 atom stereocenters. The van der Waals surface area contributed by atoms with Gasteiger partial charge in [0.2, 0.25) is 0 Å². The lowest BCUT2D eigenvalue weighted by Crippen LogP contribution is -2.01. The predicted octanol–water partition coefficient (Wildman–Crippen LogP) is 4.32. The zero-order valence-corrected chi connectivity index (χ0v) is 12.2. The summed E-state index contributed by atoms with van der Waals surface area (Å²) in [4.78, 5) is 21.9. The number of nitrogens with zero attached hydrogens (tertiary/aromatic N) is 1. The van der Waals surface area contributed by atoms with Gasteiger partial charge >= 0.3 is 5.97 Å². The summed E-state index contributed by atoms with van der Waals surface area (Å²) in [5, 5.41) is 12.8. The van der Waals surface area contributed by atoms with Gasteiger partial charge in [-0.3, -0.25) is 14.9 Å². The van der Waals surface area contributed by atoms with Crippen molar-refractivity contribution in [3.05, 3.63) is 58.6 Å². The molecule has 0 amide bonds. The van der Waals surface area contributed by atoms with Gasteiger partial charge in [0.15, 0.2) is 0 Å². The molecule has 5 nitrogen and oxygen atoms in total. The van der Waals surface area contributed by atoms with Gasteiger partial charge in [0.05, 0.1) is 4.92 Å². The fourth-order valence-corrected chi connectivity index (χ4v) is 3.18. The third kappa shape index (κ3) is 1.90. The molecule has 0 spiro atoms. The first-order valence-corrected chi connectivity index (χ1v) is 7.09. The Labute approximate surface area is 131 Å². The van der Waals surface area contributed by atoms with Gasteiger partial charge in [-0.05, 0) is 40.5 Å². The molecular formula is C18H11NO4. The number of esters is 1. The Morgan fingerprint density at radius 3 is 2.48 bits per heavy atom. The van der Waals surface area contributed by atoms with Crippen LogP contribution in [0.3, 0.4) is 0 Å². The lowest BCUT2D eigenvalue weighted by Gasteiger charge is -2.08. The van der Waals surface area contributed by atoms with Crippen molar-refractivity contribution in [3.8, 4) is 28.0 Å². The fraction of sp³-hybridized carbons (Fsp3) is 0.0556. The first kappa shape index (κ1) is 13.5. The maximum atomic E-state index is 11.3. The lowest BCUT2D eigenvalue weighted by atomic mass is 10.0. The summed E-state index contributed by atoms with van der Waals surface area (Å²) in [6, 6.07) is 14.2. The van der Waals surface area contributed by atoms with E-state index in [0.29, 0.717) is 5.75 Å². The van der Waals surface area contributed by atoms with Gasteiger partial charge in [-0.2, -0.15) is 0 Å². The fourth-order valence-electron chi connectivity index (χ4n) is 3.18. The average Bonchev–Trinajstić information content (AvgIpc) is 2.85. The molecule has 0 N–H and O–H groups in total. The number of hydrogen-bond acceptors (Lipinski definition) is 4. The van der Waals surface area contributed by atoms with Crippen LogP contribution in [0.25, 0.3) is 33.0 Å². The normalized spacial score (nSPS) is 11.3. The SMILES string of the molecule is CC(=O)Oc1ccc2c3c(cccc13)-c1cc([N+](=O)[O-])ccc1-2. The number of fused-ring (bicyclic) bond motifs is 3. The maximum Gasteiger partial charge on any atom is 0.308 e. The number of benzene rings is 3. The summed E-state index contributed by atoms with van der Waals surface area (Å²) in [6.07, 6.45) is 0. The molecule has 23 heavy (non-hydrogen) atoms. The molecule has 0 unspecified atom stereocenters. The first-order valence-electron chi connectivity index (χ1n) is 7.09. The second-order valence-electron chi connectivity index (χ2n) is 5.42. The van der Waals surface area contributed by atoms with Crippen LogP contribution in [-0.2, 0) is 4.79 Å². The zero-order chi connectivity index (χ0) is 16.1. The number of rotatable bonds is 2. The molecule has 1 aliphatic rings. The molecule has 112 valence electrons. The molecule has 0 bridgehead atoms. The van der Waals surface area contributed by atoms with E-state index in [1.165, 1.54) is 13.0 Å². The van der Waals surface area contributed by atoms with Gasteiger partial charge in [-0.25, -0.2) is 0 Å². The number of hydrogen-bond donors (Lipinski definition) is 0. The average molecular weight is 305 g/mol. The molecule has 0 fully saturated rings. The maximum absolute atomic E-state index is 11.3. The third-order valence-electron chi connectivity index (χ3n) is 4.05. The summed E-state index contributed by atoms with van der Waals surface area (Å²) in [7, 11) is 0. The largest absolute Gasteiger partial charge is 0.426 e. The Morgan fingerprint density at radius 2 is 1.74 bits per heavy atom. The number of carbonyl (C=O) groups excluding carboxylic acids is 1. The van der Waals surface area contributed by atoms with Gasteiger partial charge in [0.1, 0.15) is 5.75 Å². The van der Waals surface area contributed by atoms with Crippen LogP contribution in [0.1, 0.15) is 6.92 Å². The zero-order valence-electron chi connectivity index (χ0n) is 12.2. The Kier molecular flexibility index (Phi) is 2.72. The highest BCUT2D eigenvalue weighted by atomic mass is 16.6. The quantitative estimate of drug-likeness (QED) is 0.239. The highest BCUT2D eigenvalue weighted by Crippen LogP contribution is 2.50. The Hall–Kier alpha value is -3.21. The predicted molar refractivity (Wildman–Crippen MR) is 86.3 cm³/mol. The van der Waals surface area contributed by atoms with E-state index in [4.69, 9.17) is 4.74 Å². The van der Waals surface area contributed by atoms with Gasteiger partial charge in [0.25, 0.3) is 5.69 Å². The third-order valence-corrected chi connectivity index (χ3v) is 4.05. The minimum atomic E-state index is -0.395. The van der Waals surface area contributed by atoms with Crippen molar-refractivity contribution in [2.45, 2.75) is 6.92 Å². The van der Waals surface area contributed by atoms with Crippen molar-refractivity contribution in [2.75, 3.05) is 0 Å². The van der Waals surface area contributed by atoms with Gasteiger partial charge in [-0.1, -0.05) is 18.2 Å². The summed E-state index contributed by atoms with van der Waals surface area (Å²) in [6.45, 7) is 1.36. The molecule has 0 aromatic heterocycles. The molecule has 0 saturated carbocycles. The van der Waals surface area contributed by atoms with E-state index in [2.05, 4.69) is 0 Å². The van der Waals surface area contributed by atoms with E-state index in [-0.39, 0.29) is 11.7 Å². The Bertz CT molecular complexity index is 1010. The summed E-state index contributed by atoms with van der Waals surface area (Å²) >= 11 is 0. The van der Waals surface area contributed by atoms with Crippen LogP contribution in [-0.4, -0.2) is 10.9 Å². The molecule has 3 aromatic rings. The summed E-state index contributed by atoms with van der Waals surface area (Å²) < 4.78 is 5.28. The van der Waals surface area contributed by atoms with E-state index in [0.717, 1.165) is 33.0 Å². The molecule has 1 aliphatic carbocycles. The number of non-ortho nitro benzene ring substituents is 1. The van der Waals surface area contributed by atoms with E-state index in [1.54, 1.807) is 18.2 Å². The van der Waals surface area contributed by atoms with Crippen LogP contribution in [0.5, 0.6) is 5.75 Å². The summed E-state index contributed by atoms with van der Waals surface area (Å²) in [5.74, 6) is 0.122. The smallest absolute Gasteiger partial charge is 0.308 e. The number of nitro groups is 1. The van der Waals surface area contributed by atoms with Crippen LogP contribution in [0.2, 0.25) is 0 Å². The van der Waals surface area contributed by atoms with Crippen LogP contribution >= 0.6 is 0 Å². The van der Waals surface area contributed by atoms with Crippen molar-refractivity contribution in [3.63, 3.8) is 0 Å². The number of carbonyl (C=O) groups is 1. The Morgan fingerprint density at radius 1 is 1.00 bits per heavy atom. The van der Waals surface area contributed by atoms with E-state index < -0.39 is 4.92 Å². The highest BCUT2D eigenvalue weighted by Gasteiger charge is 2.24. The van der Waals surface area contributed by atoms with E-state index >= 15 is 0 Å². The van der Waals surface area contributed by atoms with Crippen molar-refractivity contribution < 1.29 is 14.5 Å². The van der Waals surface area contributed by atoms with E-state index in [9.17, 15) is 14.9 Å². The van der Waals surface area contributed by atoms with Crippen molar-refractivity contribution in [1.29, 1.82) is 0 Å². The molecule has 0 aliphatic heterocycles. The molecule has 5 heteroatoms. The number of ether oxygens (including phenoxy) is 1. The van der Waals surface area contributed by atoms with Crippen LogP contribution < -0.4 is 4.74 Å². The van der Waals surface area contributed by atoms with Crippen LogP contribution in [0.15, 0.2) is 48.5 Å². The standard InChI is InChI=1S/C18H11NO4/c1-10(20)23-17-8-7-14-12-6-5-11(19(21)22)9-16(12)13-3-2-4-15(17)18(13)14/h2-9H,1H3. The molecule has 0 radical (unpaired) electrons. The van der Waals surface area contributed by atoms with Crippen LogP contribution in [0.4, 0.5) is 5.69 Å². The Balaban J connectivity index is 2.03. The van der Waals surface area contributed by atoms with Crippen molar-refractivity contribution in [1.82, 2.24) is 0 Å². The van der Waals surface area contributed by atoms with E-state index in [1.807, 2.05) is 24.3 Å². The van der Waals surface area contributed by atoms with Gasteiger partial charge < -0.3 is 4.74 Å². The van der Waals surface area contributed by atoms with Crippen molar-refractivity contribution >= 4 is 22.4 Å². The second kappa shape index (κ2) is 4.64. The second-order valence-corrected chi connectivity index (χ2v) is 5.42. The number of nitro benzene ring substituents is 1. The van der Waals surface area contributed by atoms with Gasteiger partial charge in [-0.15, -0.1) is 0 Å². The van der Waals surface area contributed by atoms with Gasteiger partial charge in [0, 0.05) is 29.8 Å². The highest BCUT2D eigenvalue weighted by molar-refractivity contribution is 6.17. The molecule has 0 heterocycles. The molecule has 4 rings (SSSR count). The molecular weight excluding hydrogens is 294 g/mol. The minimum absolute atomic E-state index is 0.0637. The molecule has 0 saturated heterocycles. The van der Waals surface area contributed by atoms with Crippen LogP contribution in [0, 0.1) is 10.1 Å². The lowest BCUT2D eigenvalue weighted by molar-refractivity contribution is -0.384.